The highest BCUT2D eigenvalue weighted by molar-refractivity contribution is 8.00. The summed E-state index contributed by atoms with van der Waals surface area (Å²) in [4.78, 5) is 23.8. The fourth-order valence-electron chi connectivity index (χ4n) is 1.72. The summed E-state index contributed by atoms with van der Waals surface area (Å²) >= 11 is 1.31. The molecule has 0 aliphatic heterocycles. The number of Topliss-reactive ketones (excluding diaryl/α,β-unsaturated/α-hetero) is 1. The van der Waals surface area contributed by atoms with Crippen LogP contribution in [0, 0.1) is 0 Å². The van der Waals surface area contributed by atoms with E-state index in [0.29, 0.717) is 16.4 Å². The molecule has 0 saturated heterocycles. The highest BCUT2D eigenvalue weighted by Gasteiger charge is 2.18. The maximum Gasteiger partial charge on any atom is 0.237 e. The summed E-state index contributed by atoms with van der Waals surface area (Å²) in [6.07, 6.45) is 1.58. The number of aryl methyl sites for hydroxylation is 1. The Morgan fingerprint density at radius 3 is 2.67 bits per heavy atom. The van der Waals surface area contributed by atoms with Crippen LogP contribution < -0.4 is 5.32 Å². The molecule has 0 radical (unpaired) electrons. The van der Waals surface area contributed by atoms with Crippen molar-refractivity contribution in [2.24, 2.45) is 7.05 Å². The van der Waals surface area contributed by atoms with Gasteiger partial charge in [-0.1, -0.05) is 23.9 Å². The maximum atomic E-state index is 12.2. The first-order valence-electron chi connectivity index (χ1n) is 6.40. The zero-order valence-corrected chi connectivity index (χ0v) is 12.8. The lowest BCUT2D eigenvalue weighted by Crippen LogP contribution is -2.23. The Labute approximate surface area is 127 Å². The first-order chi connectivity index (χ1) is 9.99. The lowest BCUT2D eigenvalue weighted by atomic mass is 10.1. The van der Waals surface area contributed by atoms with Crippen molar-refractivity contribution in [2.45, 2.75) is 24.3 Å². The third kappa shape index (κ3) is 3.69. The number of carbonyl (C=O) groups excluding carboxylic acids is 2. The molecule has 21 heavy (non-hydrogen) atoms. The molecule has 0 aliphatic rings. The number of aromatic nitrogens is 3. The number of para-hydroxylation sites is 1. The summed E-state index contributed by atoms with van der Waals surface area (Å²) in [5.41, 5.74) is 1.03. The Morgan fingerprint density at radius 2 is 2.05 bits per heavy atom. The van der Waals surface area contributed by atoms with Gasteiger partial charge in [-0.15, -0.1) is 10.2 Å². The third-order valence-corrected chi connectivity index (χ3v) is 4.03. The fourth-order valence-corrected chi connectivity index (χ4v) is 2.51. The van der Waals surface area contributed by atoms with Crippen LogP contribution in [0.5, 0.6) is 0 Å². The van der Waals surface area contributed by atoms with Gasteiger partial charge in [0, 0.05) is 12.6 Å². The lowest BCUT2D eigenvalue weighted by Gasteiger charge is -2.13. The number of rotatable bonds is 5. The topological polar surface area (TPSA) is 76.9 Å². The van der Waals surface area contributed by atoms with Crippen LogP contribution in [0.15, 0.2) is 35.7 Å². The number of nitrogens with zero attached hydrogens (tertiary/aromatic N) is 3. The first kappa shape index (κ1) is 15.2. The second-order valence-corrected chi connectivity index (χ2v) is 5.88. The lowest BCUT2D eigenvalue weighted by molar-refractivity contribution is -0.115. The molecule has 6 nitrogen and oxygen atoms in total. The van der Waals surface area contributed by atoms with E-state index in [1.54, 1.807) is 42.1 Å². The van der Waals surface area contributed by atoms with Crippen LogP contribution in [-0.2, 0) is 11.8 Å². The van der Waals surface area contributed by atoms with E-state index < -0.39 is 0 Å². The number of carbonyl (C=O) groups is 2. The standard InChI is InChI=1S/C14H16N4O2S/c1-9(19)11-6-4-5-7-12(11)16-13(20)10(2)21-14-17-15-8-18(14)3/h4-8,10H,1-3H3,(H,16,20). The Kier molecular flexibility index (Phi) is 4.74. The summed E-state index contributed by atoms with van der Waals surface area (Å²) in [6, 6.07) is 6.96. The zero-order chi connectivity index (χ0) is 15.4. The van der Waals surface area contributed by atoms with Gasteiger partial charge in [-0.3, -0.25) is 9.59 Å². The highest BCUT2D eigenvalue weighted by atomic mass is 32.2. The van der Waals surface area contributed by atoms with Gasteiger partial charge in [-0.05, 0) is 26.0 Å². The minimum absolute atomic E-state index is 0.0838. The largest absolute Gasteiger partial charge is 0.324 e. The molecular formula is C14H16N4O2S. The van der Waals surface area contributed by atoms with Crippen molar-refractivity contribution in [3.8, 4) is 0 Å². The number of anilines is 1. The molecule has 7 heteroatoms. The average Bonchev–Trinajstić information content (AvgIpc) is 2.84. The average molecular weight is 304 g/mol. The van der Waals surface area contributed by atoms with Crippen LogP contribution in [-0.4, -0.2) is 31.7 Å². The molecule has 1 atom stereocenters. The summed E-state index contributed by atoms with van der Waals surface area (Å²) in [7, 11) is 1.82. The van der Waals surface area contributed by atoms with Gasteiger partial charge in [-0.25, -0.2) is 0 Å². The van der Waals surface area contributed by atoms with E-state index in [9.17, 15) is 9.59 Å². The van der Waals surface area contributed by atoms with E-state index in [-0.39, 0.29) is 16.9 Å². The number of thioether (sulfide) groups is 1. The molecular weight excluding hydrogens is 288 g/mol. The van der Waals surface area contributed by atoms with Gasteiger partial charge in [0.15, 0.2) is 10.9 Å². The molecule has 0 fully saturated rings. The normalized spacial score (nSPS) is 12.0. The van der Waals surface area contributed by atoms with Crippen molar-refractivity contribution < 1.29 is 9.59 Å². The number of benzene rings is 1. The number of hydrogen-bond acceptors (Lipinski definition) is 5. The molecule has 0 aliphatic carbocycles. The van der Waals surface area contributed by atoms with E-state index in [1.807, 2.05) is 7.05 Å². The minimum atomic E-state index is -0.354. The molecule has 1 aromatic heterocycles. The molecule has 1 unspecified atom stereocenters. The second-order valence-electron chi connectivity index (χ2n) is 4.58. The van der Waals surface area contributed by atoms with Crippen molar-refractivity contribution in [1.82, 2.24) is 14.8 Å². The van der Waals surface area contributed by atoms with Crippen molar-refractivity contribution in [3.63, 3.8) is 0 Å². The predicted octanol–water partition coefficient (Wildman–Crippen LogP) is 2.14. The van der Waals surface area contributed by atoms with Crippen LogP contribution in [0.25, 0.3) is 0 Å². The highest BCUT2D eigenvalue weighted by Crippen LogP contribution is 2.22. The van der Waals surface area contributed by atoms with Gasteiger partial charge in [0.2, 0.25) is 5.91 Å². The molecule has 2 aromatic rings. The molecule has 2 rings (SSSR count). The molecule has 0 saturated carbocycles. The smallest absolute Gasteiger partial charge is 0.237 e. The summed E-state index contributed by atoms with van der Waals surface area (Å²) in [6.45, 7) is 3.26. The van der Waals surface area contributed by atoms with Crippen molar-refractivity contribution in [1.29, 1.82) is 0 Å². The second kappa shape index (κ2) is 6.53. The number of ketones is 1. The Bertz CT molecular complexity index is 668. The predicted molar refractivity (Wildman–Crippen MR) is 81.4 cm³/mol. The molecule has 1 heterocycles. The Balaban J connectivity index is 2.08. The summed E-state index contributed by atoms with van der Waals surface area (Å²) in [5.74, 6) is -0.267. The van der Waals surface area contributed by atoms with Gasteiger partial charge >= 0.3 is 0 Å². The van der Waals surface area contributed by atoms with Gasteiger partial charge in [0.05, 0.1) is 10.9 Å². The Morgan fingerprint density at radius 1 is 1.33 bits per heavy atom. The Hall–Kier alpha value is -2.15. The molecule has 1 N–H and O–H groups in total. The number of amides is 1. The number of hydrogen-bond donors (Lipinski definition) is 1. The molecule has 1 amide bonds. The van der Waals surface area contributed by atoms with Crippen LogP contribution in [0.4, 0.5) is 5.69 Å². The molecule has 0 spiro atoms. The summed E-state index contributed by atoms with van der Waals surface area (Å²) in [5, 5.41) is 10.8. The van der Waals surface area contributed by atoms with E-state index >= 15 is 0 Å². The van der Waals surface area contributed by atoms with Crippen molar-refractivity contribution >= 4 is 29.1 Å². The quantitative estimate of drug-likeness (QED) is 0.676. The monoisotopic (exact) mass is 304 g/mol. The maximum absolute atomic E-state index is 12.2. The van der Waals surface area contributed by atoms with Crippen LogP contribution >= 0.6 is 11.8 Å². The van der Waals surface area contributed by atoms with Crippen molar-refractivity contribution in [2.75, 3.05) is 5.32 Å². The van der Waals surface area contributed by atoms with Gasteiger partial charge in [0.25, 0.3) is 0 Å². The molecule has 110 valence electrons. The van der Waals surface area contributed by atoms with Gasteiger partial charge in [0.1, 0.15) is 6.33 Å². The molecule has 1 aromatic carbocycles. The van der Waals surface area contributed by atoms with E-state index in [0.717, 1.165) is 0 Å². The first-order valence-corrected chi connectivity index (χ1v) is 7.28. The minimum Gasteiger partial charge on any atom is -0.324 e. The van der Waals surface area contributed by atoms with Crippen molar-refractivity contribution in [3.05, 3.63) is 36.2 Å². The van der Waals surface area contributed by atoms with E-state index in [1.165, 1.54) is 18.7 Å². The summed E-state index contributed by atoms with van der Waals surface area (Å²) < 4.78 is 1.75. The fraction of sp³-hybridized carbons (Fsp3) is 0.286. The SMILES string of the molecule is CC(=O)c1ccccc1NC(=O)C(C)Sc1nncn1C. The number of nitrogens with one attached hydrogen (secondary N) is 1. The van der Waals surface area contributed by atoms with Crippen LogP contribution in [0.1, 0.15) is 24.2 Å². The van der Waals surface area contributed by atoms with E-state index in [2.05, 4.69) is 15.5 Å². The molecule has 0 bridgehead atoms. The van der Waals surface area contributed by atoms with E-state index in [4.69, 9.17) is 0 Å². The zero-order valence-electron chi connectivity index (χ0n) is 12.0. The third-order valence-electron chi connectivity index (χ3n) is 2.89. The van der Waals surface area contributed by atoms with Crippen LogP contribution in [0.3, 0.4) is 0 Å². The van der Waals surface area contributed by atoms with Crippen LogP contribution in [0.2, 0.25) is 0 Å². The van der Waals surface area contributed by atoms with Gasteiger partial charge in [-0.2, -0.15) is 0 Å². The van der Waals surface area contributed by atoms with Gasteiger partial charge < -0.3 is 9.88 Å².